The van der Waals surface area contributed by atoms with Crippen LogP contribution in [0.2, 0.25) is 0 Å². The van der Waals surface area contributed by atoms with Crippen molar-refractivity contribution in [1.82, 2.24) is 0 Å². The molecule has 0 spiro atoms. The molecule has 112 valence electrons. The van der Waals surface area contributed by atoms with Gasteiger partial charge in [0.2, 0.25) is 0 Å². The lowest BCUT2D eigenvalue weighted by atomic mass is 9.77. The Morgan fingerprint density at radius 2 is 1.76 bits per heavy atom. The van der Waals surface area contributed by atoms with Crippen LogP contribution in [-0.4, -0.2) is 31.9 Å². The van der Waals surface area contributed by atoms with E-state index in [2.05, 4.69) is 9.47 Å². The van der Waals surface area contributed by atoms with Crippen molar-refractivity contribution in [1.29, 1.82) is 0 Å². The number of ether oxygens (including phenoxy) is 2. The molecule has 1 aromatic carbocycles. The molecule has 1 saturated carbocycles. The van der Waals surface area contributed by atoms with E-state index in [1.165, 1.54) is 14.2 Å². The van der Waals surface area contributed by atoms with Crippen molar-refractivity contribution in [3.8, 4) is 0 Å². The summed E-state index contributed by atoms with van der Waals surface area (Å²) in [7, 11) is 2.63. The molecule has 5 nitrogen and oxygen atoms in total. The molecule has 0 aliphatic heterocycles. The summed E-state index contributed by atoms with van der Waals surface area (Å²) in [4.78, 5) is 34.8. The summed E-state index contributed by atoms with van der Waals surface area (Å²) in [5, 5.41) is 0. The van der Waals surface area contributed by atoms with Crippen molar-refractivity contribution in [2.45, 2.75) is 25.2 Å². The smallest absolute Gasteiger partial charge is 0.337 e. The molecule has 1 aliphatic carbocycles. The van der Waals surface area contributed by atoms with Gasteiger partial charge in [-0.3, -0.25) is 9.59 Å². The molecule has 2 rings (SSSR count). The van der Waals surface area contributed by atoms with Crippen molar-refractivity contribution < 1.29 is 23.9 Å². The summed E-state index contributed by atoms with van der Waals surface area (Å²) >= 11 is 0. The van der Waals surface area contributed by atoms with E-state index >= 15 is 0 Å². The molecule has 0 aromatic heterocycles. The highest BCUT2D eigenvalue weighted by Gasteiger charge is 2.35. The van der Waals surface area contributed by atoms with Crippen LogP contribution < -0.4 is 0 Å². The highest BCUT2D eigenvalue weighted by atomic mass is 16.5. The monoisotopic (exact) mass is 290 g/mol. The Bertz CT molecular complexity index is 538. The second kappa shape index (κ2) is 6.52. The molecule has 0 unspecified atom stereocenters. The fraction of sp³-hybridized carbons (Fsp3) is 0.438. The summed E-state index contributed by atoms with van der Waals surface area (Å²) < 4.78 is 9.34. The first-order valence-corrected chi connectivity index (χ1v) is 6.85. The molecule has 0 radical (unpaired) electrons. The Hall–Kier alpha value is -2.17. The SMILES string of the molecule is COC(=O)c1ccc([C@@H]2CCC(=O)[C@@H](C(=O)OC)C2)cc1. The summed E-state index contributed by atoms with van der Waals surface area (Å²) in [6, 6.07) is 7.09. The third kappa shape index (κ3) is 3.29. The number of rotatable bonds is 3. The van der Waals surface area contributed by atoms with Crippen molar-refractivity contribution in [3.05, 3.63) is 35.4 Å². The predicted molar refractivity (Wildman–Crippen MR) is 74.9 cm³/mol. The number of benzene rings is 1. The highest BCUT2D eigenvalue weighted by Crippen LogP contribution is 2.35. The van der Waals surface area contributed by atoms with Crippen LogP contribution in [-0.2, 0) is 19.1 Å². The van der Waals surface area contributed by atoms with Crippen LogP contribution in [0.1, 0.15) is 41.1 Å². The Morgan fingerprint density at radius 3 is 2.33 bits per heavy atom. The van der Waals surface area contributed by atoms with E-state index in [9.17, 15) is 14.4 Å². The van der Waals surface area contributed by atoms with Crippen LogP contribution in [0.3, 0.4) is 0 Å². The van der Waals surface area contributed by atoms with Crippen molar-refractivity contribution in [2.75, 3.05) is 14.2 Å². The number of esters is 2. The Labute approximate surface area is 123 Å². The number of carbonyl (C=O) groups excluding carboxylic acids is 3. The molecule has 1 aromatic rings. The maximum absolute atomic E-state index is 11.8. The first-order chi connectivity index (χ1) is 10.1. The first kappa shape index (κ1) is 15.2. The van der Waals surface area contributed by atoms with Crippen LogP contribution in [0.4, 0.5) is 0 Å². The van der Waals surface area contributed by atoms with Gasteiger partial charge in [0.05, 0.1) is 19.8 Å². The molecular weight excluding hydrogens is 272 g/mol. The topological polar surface area (TPSA) is 69.7 Å². The minimum Gasteiger partial charge on any atom is -0.468 e. The van der Waals surface area contributed by atoms with Gasteiger partial charge < -0.3 is 9.47 Å². The quantitative estimate of drug-likeness (QED) is 0.630. The lowest BCUT2D eigenvalue weighted by molar-refractivity contribution is -0.150. The predicted octanol–water partition coefficient (Wildman–Crippen LogP) is 2.10. The average Bonchev–Trinajstić information content (AvgIpc) is 2.54. The second-order valence-electron chi connectivity index (χ2n) is 5.13. The third-order valence-electron chi connectivity index (χ3n) is 3.94. The zero-order valence-corrected chi connectivity index (χ0v) is 12.1. The van der Waals surface area contributed by atoms with Crippen molar-refractivity contribution >= 4 is 17.7 Å². The summed E-state index contributed by atoms with van der Waals surface area (Å²) in [5.41, 5.74) is 1.50. The fourth-order valence-electron chi connectivity index (χ4n) is 2.71. The van der Waals surface area contributed by atoms with Gasteiger partial charge in [-0.2, -0.15) is 0 Å². The number of carbonyl (C=O) groups is 3. The van der Waals surface area contributed by atoms with Gasteiger partial charge in [-0.25, -0.2) is 4.79 Å². The number of methoxy groups -OCH3 is 2. The molecule has 2 atom stereocenters. The number of hydrogen-bond acceptors (Lipinski definition) is 5. The summed E-state index contributed by atoms with van der Waals surface area (Å²) in [5.74, 6) is -1.44. The van der Waals surface area contributed by atoms with Gasteiger partial charge in [-0.15, -0.1) is 0 Å². The normalized spacial score (nSPS) is 21.7. The van der Waals surface area contributed by atoms with E-state index < -0.39 is 11.9 Å². The Kier molecular flexibility index (Phi) is 4.73. The minimum absolute atomic E-state index is 0.0516. The number of hydrogen-bond donors (Lipinski definition) is 0. The molecule has 1 aliphatic rings. The Morgan fingerprint density at radius 1 is 1.10 bits per heavy atom. The summed E-state index contributed by atoms with van der Waals surface area (Å²) in [6.45, 7) is 0. The van der Waals surface area contributed by atoms with Crippen LogP contribution in [0.25, 0.3) is 0 Å². The van der Waals surface area contributed by atoms with E-state index in [0.29, 0.717) is 24.8 Å². The maximum atomic E-state index is 11.8. The van der Waals surface area contributed by atoms with E-state index in [-0.39, 0.29) is 17.7 Å². The second-order valence-corrected chi connectivity index (χ2v) is 5.13. The van der Waals surface area contributed by atoms with Crippen molar-refractivity contribution in [3.63, 3.8) is 0 Å². The lowest BCUT2D eigenvalue weighted by Crippen LogP contribution is -2.31. The summed E-state index contributed by atoms with van der Waals surface area (Å²) in [6.07, 6.45) is 1.55. The van der Waals surface area contributed by atoms with Gasteiger partial charge in [-0.05, 0) is 36.5 Å². The van der Waals surface area contributed by atoms with E-state index in [0.717, 1.165) is 5.56 Å². The maximum Gasteiger partial charge on any atom is 0.337 e. The van der Waals surface area contributed by atoms with Gasteiger partial charge in [0.1, 0.15) is 11.7 Å². The number of Topliss-reactive ketones (excluding diaryl/α,β-unsaturated/α-hetero) is 1. The Balaban J connectivity index is 2.13. The molecule has 1 fully saturated rings. The van der Waals surface area contributed by atoms with Crippen LogP contribution in [0, 0.1) is 5.92 Å². The minimum atomic E-state index is -0.672. The zero-order valence-electron chi connectivity index (χ0n) is 12.1. The van der Waals surface area contributed by atoms with Gasteiger partial charge in [0, 0.05) is 6.42 Å². The molecule has 0 N–H and O–H groups in total. The molecule has 0 saturated heterocycles. The van der Waals surface area contributed by atoms with E-state index in [1.807, 2.05) is 12.1 Å². The van der Waals surface area contributed by atoms with Gasteiger partial charge in [0.15, 0.2) is 0 Å². The van der Waals surface area contributed by atoms with E-state index in [4.69, 9.17) is 0 Å². The van der Waals surface area contributed by atoms with E-state index in [1.54, 1.807) is 12.1 Å². The number of ketones is 1. The molecule has 21 heavy (non-hydrogen) atoms. The molecule has 0 amide bonds. The standard InChI is InChI=1S/C16H18O5/c1-20-15(18)11-5-3-10(4-6-11)12-7-8-14(17)13(9-12)16(19)21-2/h3-6,12-13H,7-9H2,1-2H3/t12-,13+/m1/s1. The molecule has 0 bridgehead atoms. The fourth-order valence-corrected chi connectivity index (χ4v) is 2.71. The van der Waals surface area contributed by atoms with Crippen LogP contribution in [0.5, 0.6) is 0 Å². The largest absolute Gasteiger partial charge is 0.468 e. The molecule has 5 heteroatoms. The van der Waals surface area contributed by atoms with Crippen LogP contribution >= 0.6 is 0 Å². The van der Waals surface area contributed by atoms with Gasteiger partial charge in [-0.1, -0.05) is 12.1 Å². The highest BCUT2D eigenvalue weighted by molar-refractivity contribution is 5.99. The zero-order chi connectivity index (χ0) is 15.4. The van der Waals surface area contributed by atoms with Gasteiger partial charge >= 0.3 is 11.9 Å². The van der Waals surface area contributed by atoms with Crippen molar-refractivity contribution in [2.24, 2.45) is 5.92 Å². The third-order valence-corrected chi connectivity index (χ3v) is 3.94. The first-order valence-electron chi connectivity index (χ1n) is 6.85. The lowest BCUT2D eigenvalue weighted by Gasteiger charge is -2.26. The molecule has 0 heterocycles. The average molecular weight is 290 g/mol. The van der Waals surface area contributed by atoms with Crippen LogP contribution in [0.15, 0.2) is 24.3 Å². The van der Waals surface area contributed by atoms with Gasteiger partial charge in [0.25, 0.3) is 0 Å². The molecular formula is C16H18O5.